The largest absolute Gasteiger partial charge is 0.478 e. The third-order valence-electron chi connectivity index (χ3n) is 2.51. The number of hydrogen-bond acceptors (Lipinski definition) is 2. The summed E-state index contributed by atoms with van der Waals surface area (Å²) in [6.45, 7) is 0. The van der Waals surface area contributed by atoms with Crippen LogP contribution in [-0.2, 0) is 6.18 Å². The van der Waals surface area contributed by atoms with Crippen LogP contribution in [0.15, 0.2) is 12.1 Å². The van der Waals surface area contributed by atoms with Crippen molar-refractivity contribution in [1.29, 1.82) is 0 Å². The minimum absolute atomic E-state index is 0.0224. The Balaban J connectivity index is 2.47. The molecule has 1 aliphatic carbocycles. The second-order valence-corrected chi connectivity index (χ2v) is 3.79. The fourth-order valence-corrected chi connectivity index (χ4v) is 1.54. The summed E-state index contributed by atoms with van der Waals surface area (Å²) in [6, 6.07) is 1.40. The lowest BCUT2D eigenvalue weighted by molar-refractivity contribution is -0.141. The Morgan fingerprint density at radius 1 is 1.41 bits per heavy atom. The van der Waals surface area contributed by atoms with Gasteiger partial charge >= 0.3 is 12.1 Å². The molecule has 1 fully saturated rings. The number of rotatable bonds is 2. The Hall–Kier alpha value is -1.66. The zero-order chi connectivity index (χ0) is 12.8. The quantitative estimate of drug-likeness (QED) is 0.819. The highest BCUT2D eigenvalue weighted by molar-refractivity contribution is 5.89. The van der Waals surface area contributed by atoms with E-state index in [1.165, 1.54) is 0 Å². The lowest BCUT2D eigenvalue weighted by Gasteiger charge is -2.09. The van der Waals surface area contributed by atoms with Gasteiger partial charge in [-0.2, -0.15) is 13.2 Å². The number of carbonyl (C=O) groups is 1. The Bertz CT molecular complexity index is 472. The van der Waals surface area contributed by atoms with Gasteiger partial charge in [0.1, 0.15) is 11.9 Å². The van der Waals surface area contributed by atoms with E-state index in [4.69, 9.17) is 5.11 Å². The molecule has 1 aromatic rings. The van der Waals surface area contributed by atoms with Gasteiger partial charge in [-0.05, 0) is 18.6 Å². The standard InChI is InChI=1S/C10H7F4NO2/c11-6-3-5(6)8-4(9(16)17)1-2-7(15-8)10(12,13)14/h1-2,5-6H,3H2,(H,16,17)/t5?,6-/m1/s1. The van der Waals surface area contributed by atoms with Gasteiger partial charge in [-0.15, -0.1) is 0 Å². The average molecular weight is 249 g/mol. The molecule has 1 aliphatic rings. The van der Waals surface area contributed by atoms with Crippen molar-refractivity contribution in [2.45, 2.75) is 24.7 Å². The molecule has 0 saturated heterocycles. The number of aromatic carboxylic acids is 1. The fraction of sp³-hybridized carbons (Fsp3) is 0.400. The van der Waals surface area contributed by atoms with Crippen LogP contribution in [0.1, 0.15) is 34.1 Å². The van der Waals surface area contributed by atoms with Crippen molar-refractivity contribution in [3.63, 3.8) is 0 Å². The van der Waals surface area contributed by atoms with Gasteiger partial charge in [-0.1, -0.05) is 0 Å². The van der Waals surface area contributed by atoms with Gasteiger partial charge in [0, 0.05) is 5.92 Å². The van der Waals surface area contributed by atoms with E-state index in [2.05, 4.69) is 4.98 Å². The lowest BCUT2D eigenvalue weighted by Crippen LogP contribution is -2.13. The second kappa shape index (κ2) is 3.68. The van der Waals surface area contributed by atoms with Crippen LogP contribution < -0.4 is 0 Å². The zero-order valence-corrected chi connectivity index (χ0v) is 8.33. The number of pyridine rings is 1. The number of carboxylic acid groups (broad SMARTS) is 1. The third kappa shape index (κ3) is 2.22. The van der Waals surface area contributed by atoms with Gasteiger partial charge in [0.05, 0.1) is 11.3 Å². The minimum Gasteiger partial charge on any atom is -0.478 e. The molecule has 0 spiro atoms. The molecule has 2 rings (SSSR count). The number of carboxylic acids is 1. The Kier molecular flexibility index (Phi) is 2.56. The molecular formula is C10H7F4NO2. The first-order valence-corrected chi connectivity index (χ1v) is 4.76. The summed E-state index contributed by atoms with van der Waals surface area (Å²) in [5.41, 5.74) is -1.89. The molecule has 0 radical (unpaired) electrons. The van der Waals surface area contributed by atoms with Crippen LogP contribution in [0.2, 0.25) is 0 Å². The highest BCUT2D eigenvalue weighted by Crippen LogP contribution is 2.44. The molecule has 1 saturated carbocycles. The minimum atomic E-state index is -4.66. The first-order chi connectivity index (χ1) is 7.80. The smallest absolute Gasteiger partial charge is 0.433 e. The van der Waals surface area contributed by atoms with Crippen LogP contribution in [-0.4, -0.2) is 22.2 Å². The van der Waals surface area contributed by atoms with E-state index in [9.17, 15) is 22.4 Å². The maximum Gasteiger partial charge on any atom is 0.433 e. The molecule has 1 N–H and O–H groups in total. The number of hydrogen-bond donors (Lipinski definition) is 1. The first-order valence-electron chi connectivity index (χ1n) is 4.76. The highest BCUT2D eigenvalue weighted by Gasteiger charge is 2.44. The van der Waals surface area contributed by atoms with Gasteiger partial charge in [-0.25, -0.2) is 14.2 Å². The maximum absolute atomic E-state index is 12.8. The SMILES string of the molecule is O=C(O)c1ccc(C(F)(F)F)nc1C1C[C@H]1F. The number of nitrogens with zero attached hydrogens (tertiary/aromatic N) is 1. The topological polar surface area (TPSA) is 50.2 Å². The molecule has 2 atom stereocenters. The normalized spacial score (nSPS) is 23.5. The van der Waals surface area contributed by atoms with Crippen LogP contribution in [0.3, 0.4) is 0 Å². The molecule has 92 valence electrons. The molecule has 0 bridgehead atoms. The van der Waals surface area contributed by atoms with Gasteiger partial charge in [-0.3, -0.25) is 0 Å². The molecule has 17 heavy (non-hydrogen) atoms. The van der Waals surface area contributed by atoms with Crippen LogP contribution in [0, 0.1) is 0 Å². The van der Waals surface area contributed by atoms with E-state index in [1.807, 2.05) is 0 Å². The summed E-state index contributed by atoms with van der Waals surface area (Å²) in [7, 11) is 0. The molecule has 0 aliphatic heterocycles. The molecule has 0 amide bonds. The molecule has 1 aromatic heterocycles. The monoisotopic (exact) mass is 249 g/mol. The van der Waals surface area contributed by atoms with Gasteiger partial charge in [0.25, 0.3) is 0 Å². The van der Waals surface area contributed by atoms with Crippen molar-refractivity contribution >= 4 is 5.97 Å². The molecule has 1 heterocycles. The predicted octanol–water partition coefficient (Wildman–Crippen LogP) is 2.62. The van der Waals surface area contributed by atoms with E-state index in [-0.39, 0.29) is 17.7 Å². The second-order valence-electron chi connectivity index (χ2n) is 3.79. The first kappa shape index (κ1) is 11.8. The van der Waals surface area contributed by atoms with Gasteiger partial charge < -0.3 is 5.11 Å². The molecule has 3 nitrogen and oxygen atoms in total. The fourth-order valence-electron chi connectivity index (χ4n) is 1.54. The van der Waals surface area contributed by atoms with Crippen molar-refractivity contribution in [3.8, 4) is 0 Å². The summed E-state index contributed by atoms with van der Waals surface area (Å²) in [5, 5.41) is 8.78. The van der Waals surface area contributed by atoms with E-state index in [1.54, 1.807) is 0 Å². The summed E-state index contributed by atoms with van der Waals surface area (Å²) in [6.07, 6.45) is -5.94. The molecule has 7 heteroatoms. The lowest BCUT2D eigenvalue weighted by atomic mass is 10.1. The summed E-state index contributed by atoms with van der Waals surface area (Å²) in [5.74, 6) is -2.23. The number of alkyl halides is 4. The van der Waals surface area contributed by atoms with Crippen LogP contribution in [0.25, 0.3) is 0 Å². The Morgan fingerprint density at radius 3 is 2.41 bits per heavy atom. The average Bonchev–Trinajstić information content (AvgIpc) is 2.93. The van der Waals surface area contributed by atoms with E-state index in [0.29, 0.717) is 6.07 Å². The highest BCUT2D eigenvalue weighted by atomic mass is 19.4. The molecule has 1 unspecified atom stereocenters. The van der Waals surface area contributed by atoms with E-state index >= 15 is 0 Å². The summed E-state index contributed by atoms with van der Waals surface area (Å²) in [4.78, 5) is 14.0. The Labute approximate surface area is 93.1 Å². The zero-order valence-electron chi connectivity index (χ0n) is 8.33. The molecular weight excluding hydrogens is 242 g/mol. The van der Waals surface area contributed by atoms with Crippen molar-refractivity contribution in [1.82, 2.24) is 4.98 Å². The van der Waals surface area contributed by atoms with Crippen LogP contribution in [0.4, 0.5) is 17.6 Å². The summed E-state index contributed by atoms with van der Waals surface area (Å²) < 4.78 is 50.0. The van der Waals surface area contributed by atoms with Crippen molar-refractivity contribution in [2.75, 3.05) is 0 Å². The number of aromatic nitrogens is 1. The van der Waals surface area contributed by atoms with Crippen molar-refractivity contribution in [2.24, 2.45) is 0 Å². The molecule has 0 aromatic carbocycles. The van der Waals surface area contributed by atoms with E-state index in [0.717, 1.165) is 6.07 Å². The van der Waals surface area contributed by atoms with Gasteiger partial charge in [0.2, 0.25) is 0 Å². The maximum atomic E-state index is 12.8. The number of halogens is 4. The van der Waals surface area contributed by atoms with Crippen LogP contribution in [0.5, 0.6) is 0 Å². The Morgan fingerprint density at radius 2 is 2.00 bits per heavy atom. The summed E-state index contributed by atoms with van der Waals surface area (Å²) >= 11 is 0. The van der Waals surface area contributed by atoms with Crippen LogP contribution >= 0.6 is 0 Å². The van der Waals surface area contributed by atoms with Crippen molar-refractivity contribution in [3.05, 3.63) is 29.1 Å². The van der Waals surface area contributed by atoms with E-state index < -0.39 is 29.9 Å². The van der Waals surface area contributed by atoms with Crippen molar-refractivity contribution < 1.29 is 27.5 Å². The van der Waals surface area contributed by atoms with Gasteiger partial charge in [0.15, 0.2) is 0 Å². The predicted molar refractivity (Wildman–Crippen MR) is 48.5 cm³/mol. The third-order valence-corrected chi connectivity index (χ3v) is 2.51.